The monoisotopic (exact) mass is 369 g/mol. The molecule has 0 radical (unpaired) electrons. The summed E-state index contributed by atoms with van der Waals surface area (Å²) in [6, 6.07) is 13.9. The van der Waals surface area contributed by atoms with Crippen LogP contribution in [0.1, 0.15) is 22.8 Å². The van der Waals surface area contributed by atoms with E-state index in [0.29, 0.717) is 5.33 Å². The molecule has 0 spiro atoms. The Labute approximate surface area is 136 Å². The first-order valence-electron chi connectivity index (χ1n) is 6.36. The number of benzene rings is 2. The van der Waals surface area contributed by atoms with Gasteiger partial charge in [0.15, 0.2) is 5.82 Å². The van der Waals surface area contributed by atoms with Gasteiger partial charge in [-0.1, -0.05) is 63.9 Å². The maximum Gasteiger partial charge on any atom is 0.255 e. The molecule has 0 aliphatic rings. The van der Waals surface area contributed by atoms with Gasteiger partial charge >= 0.3 is 0 Å². The summed E-state index contributed by atoms with van der Waals surface area (Å²) in [6.45, 7) is 1.87. The Hall–Kier alpha value is -1.39. The van der Waals surface area contributed by atoms with E-state index in [1.807, 2.05) is 37.3 Å². The molecule has 110 valence electrons. The Morgan fingerprint density at radius 1 is 1.24 bits per heavy atom. The van der Waals surface area contributed by atoms with Crippen LogP contribution in [0.25, 0.3) is 0 Å². The molecule has 0 aliphatic heterocycles. The van der Waals surface area contributed by atoms with Crippen molar-refractivity contribution in [1.82, 2.24) is 5.32 Å². The third-order valence-electron chi connectivity index (χ3n) is 3.26. The molecular weight excluding hydrogens is 357 g/mol. The molecule has 0 aromatic heterocycles. The molecule has 1 amide bonds. The highest BCUT2D eigenvalue weighted by Gasteiger charge is 2.28. The molecule has 5 heteroatoms. The van der Waals surface area contributed by atoms with Crippen LogP contribution in [0.3, 0.4) is 0 Å². The first kappa shape index (κ1) is 16.0. The highest BCUT2D eigenvalue weighted by atomic mass is 79.9. The number of halogens is 3. The maximum absolute atomic E-state index is 13.9. The molecule has 0 heterocycles. The van der Waals surface area contributed by atoms with Crippen LogP contribution in [0, 0.1) is 5.82 Å². The number of amides is 1. The Balaban J connectivity index is 2.30. The van der Waals surface area contributed by atoms with Crippen molar-refractivity contribution in [3.05, 3.63) is 70.5 Å². The van der Waals surface area contributed by atoms with E-state index in [1.165, 1.54) is 12.1 Å². The highest BCUT2D eigenvalue weighted by Crippen LogP contribution is 2.25. The molecule has 0 saturated carbocycles. The van der Waals surface area contributed by atoms with Gasteiger partial charge in [-0.25, -0.2) is 4.39 Å². The Bertz CT molecular complexity index is 650. The van der Waals surface area contributed by atoms with Crippen LogP contribution >= 0.6 is 27.5 Å². The molecule has 2 rings (SSSR count). The van der Waals surface area contributed by atoms with Crippen LogP contribution < -0.4 is 5.32 Å². The topological polar surface area (TPSA) is 29.1 Å². The lowest BCUT2D eigenvalue weighted by Crippen LogP contribution is -2.45. The van der Waals surface area contributed by atoms with E-state index in [4.69, 9.17) is 11.6 Å². The summed E-state index contributed by atoms with van der Waals surface area (Å²) in [6.07, 6.45) is 0. The van der Waals surface area contributed by atoms with Crippen molar-refractivity contribution in [2.75, 3.05) is 5.33 Å². The second kappa shape index (κ2) is 6.58. The zero-order valence-electron chi connectivity index (χ0n) is 11.4. The van der Waals surface area contributed by atoms with Crippen molar-refractivity contribution >= 4 is 33.4 Å². The molecule has 0 saturated heterocycles. The summed E-state index contributed by atoms with van der Waals surface area (Å²) in [5, 5.41) is 3.29. The first-order chi connectivity index (χ1) is 9.98. The molecule has 2 aromatic rings. The highest BCUT2D eigenvalue weighted by molar-refractivity contribution is 9.09. The summed E-state index contributed by atoms with van der Waals surface area (Å²) >= 11 is 9.12. The van der Waals surface area contributed by atoms with Gasteiger partial charge in [0, 0.05) is 5.33 Å². The van der Waals surface area contributed by atoms with Gasteiger partial charge in [-0.2, -0.15) is 0 Å². The van der Waals surface area contributed by atoms with Crippen molar-refractivity contribution in [2.24, 2.45) is 0 Å². The molecule has 0 bridgehead atoms. The number of carbonyl (C=O) groups excluding carboxylic acids is 1. The number of nitrogens with one attached hydrogen (secondary N) is 1. The van der Waals surface area contributed by atoms with Crippen LogP contribution in [0.4, 0.5) is 4.39 Å². The Morgan fingerprint density at radius 3 is 2.52 bits per heavy atom. The van der Waals surface area contributed by atoms with Crippen LogP contribution in [0.2, 0.25) is 5.02 Å². The van der Waals surface area contributed by atoms with Gasteiger partial charge in [-0.05, 0) is 24.6 Å². The fraction of sp³-hybridized carbons (Fsp3) is 0.188. The minimum Gasteiger partial charge on any atom is -0.342 e. The largest absolute Gasteiger partial charge is 0.342 e. The second-order valence-electron chi connectivity index (χ2n) is 4.89. The summed E-state index contributed by atoms with van der Waals surface area (Å²) in [7, 11) is 0. The molecule has 0 aliphatic carbocycles. The molecule has 2 nitrogen and oxygen atoms in total. The van der Waals surface area contributed by atoms with E-state index in [2.05, 4.69) is 21.2 Å². The lowest BCUT2D eigenvalue weighted by atomic mass is 9.94. The van der Waals surface area contributed by atoms with Gasteiger partial charge < -0.3 is 5.32 Å². The lowest BCUT2D eigenvalue weighted by molar-refractivity contribution is 0.0910. The van der Waals surface area contributed by atoms with Crippen molar-refractivity contribution < 1.29 is 9.18 Å². The van der Waals surface area contributed by atoms with E-state index in [-0.39, 0.29) is 10.6 Å². The fourth-order valence-electron chi connectivity index (χ4n) is 1.99. The number of carbonyl (C=O) groups is 1. The van der Waals surface area contributed by atoms with Crippen molar-refractivity contribution in [2.45, 2.75) is 12.5 Å². The predicted molar refractivity (Wildman–Crippen MR) is 86.5 cm³/mol. The van der Waals surface area contributed by atoms with Crippen LogP contribution in [-0.4, -0.2) is 11.2 Å². The molecule has 1 N–H and O–H groups in total. The average molecular weight is 371 g/mol. The normalized spacial score (nSPS) is 13.5. The van der Waals surface area contributed by atoms with Gasteiger partial charge in [-0.15, -0.1) is 0 Å². The third kappa shape index (κ3) is 3.44. The van der Waals surface area contributed by atoms with Gasteiger partial charge in [0.05, 0.1) is 16.1 Å². The minimum atomic E-state index is -0.707. The number of rotatable bonds is 4. The van der Waals surface area contributed by atoms with E-state index in [1.54, 1.807) is 6.07 Å². The molecule has 2 aromatic carbocycles. The van der Waals surface area contributed by atoms with Crippen molar-refractivity contribution in [1.29, 1.82) is 0 Å². The van der Waals surface area contributed by atoms with Crippen molar-refractivity contribution in [3.8, 4) is 0 Å². The third-order valence-corrected chi connectivity index (χ3v) is 4.68. The second-order valence-corrected chi connectivity index (χ2v) is 5.86. The van der Waals surface area contributed by atoms with Gasteiger partial charge in [0.2, 0.25) is 0 Å². The fourth-order valence-corrected chi connectivity index (χ4v) is 2.62. The summed E-state index contributed by atoms with van der Waals surface area (Å²) in [4.78, 5) is 12.3. The molecule has 1 unspecified atom stereocenters. The maximum atomic E-state index is 13.9. The summed E-state index contributed by atoms with van der Waals surface area (Å²) < 4.78 is 13.9. The first-order valence-corrected chi connectivity index (χ1v) is 7.86. The van der Waals surface area contributed by atoms with Crippen molar-refractivity contribution in [3.63, 3.8) is 0 Å². The molecule has 0 fully saturated rings. The standard InChI is InChI=1S/C16H14BrClFNO/c1-16(10-17,11-6-3-2-4-7-11)20-15(21)12-8-5-9-13(18)14(12)19/h2-9H,10H2,1H3,(H,20,21). The SMILES string of the molecule is CC(CBr)(NC(=O)c1cccc(Cl)c1F)c1ccccc1. The number of alkyl halides is 1. The Morgan fingerprint density at radius 2 is 1.90 bits per heavy atom. The quantitative estimate of drug-likeness (QED) is 0.788. The average Bonchev–Trinajstić information content (AvgIpc) is 2.50. The molecule has 1 atom stereocenters. The van der Waals surface area contributed by atoms with E-state index >= 15 is 0 Å². The zero-order chi connectivity index (χ0) is 15.5. The lowest BCUT2D eigenvalue weighted by Gasteiger charge is -2.29. The molecule has 21 heavy (non-hydrogen) atoms. The van der Waals surface area contributed by atoms with E-state index in [0.717, 1.165) is 5.56 Å². The number of hydrogen-bond acceptors (Lipinski definition) is 1. The summed E-state index contributed by atoms with van der Waals surface area (Å²) in [5.41, 5.74) is 0.218. The molecular formula is C16H14BrClFNO. The van der Waals surface area contributed by atoms with Crippen LogP contribution in [-0.2, 0) is 5.54 Å². The zero-order valence-corrected chi connectivity index (χ0v) is 13.7. The van der Waals surface area contributed by atoms with Crippen LogP contribution in [0.15, 0.2) is 48.5 Å². The predicted octanol–water partition coefficient (Wildman–Crippen LogP) is 4.52. The number of hydrogen-bond donors (Lipinski definition) is 1. The van der Waals surface area contributed by atoms with E-state index in [9.17, 15) is 9.18 Å². The Kier molecular flexibility index (Phi) is 5.01. The smallest absolute Gasteiger partial charge is 0.255 e. The van der Waals surface area contributed by atoms with Crippen LogP contribution in [0.5, 0.6) is 0 Å². The van der Waals surface area contributed by atoms with Gasteiger partial charge in [-0.3, -0.25) is 4.79 Å². The van der Waals surface area contributed by atoms with Gasteiger partial charge in [0.1, 0.15) is 0 Å². The minimum absolute atomic E-state index is 0.0643. The summed E-state index contributed by atoms with van der Waals surface area (Å²) in [5.74, 6) is -1.21. The van der Waals surface area contributed by atoms with E-state index < -0.39 is 17.3 Å². The van der Waals surface area contributed by atoms with Gasteiger partial charge in [0.25, 0.3) is 5.91 Å².